The molecule has 0 aromatic rings. The summed E-state index contributed by atoms with van der Waals surface area (Å²) in [5, 5.41) is 3.74. The third-order valence-electron chi connectivity index (χ3n) is 4.01. The maximum atomic E-state index is 3.74. The molecule has 0 aromatic carbocycles. The average molecular weight is 181 g/mol. The van der Waals surface area contributed by atoms with E-state index in [1.165, 1.54) is 44.9 Å². The van der Waals surface area contributed by atoms with Crippen molar-refractivity contribution < 1.29 is 0 Å². The van der Waals surface area contributed by atoms with Gasteiger partial charge in [-0.1, -0.05) is 19.8 Å². The second-order valence-electron chi connectivity index (χ2n) is 5.56. The molecule has 2 unspecified atom stereocenters. The van der Waals surface area contributed by atoms with E-state index in [0.717, 1.165) is 12.1 Å². The topological polar surface area (TPSA) is 12.0 Å². The summed E-state index contributed by atoms with van der Waals surface area (Å²) in [6, 6.07) is 1.59. The van der Waals surface area contributed by atoms with Gasteiger partial charge in [-0.15, -0.1) is 0 Å². The lowest BCUT2D eigenvalue weighted by Gasteiger charge is -2.43. The van der Waals surface area contributed by atoms with Crippen molar-refractivity contribution in [3.8, 4) is 0 Å². The summed E-state index contributed by atoms with van der Waals surface area (Å²) < 4.78 is 0. The number of hydrogen-bond acceptors (Lipinski definition) is 1. The molecule has 2 fully saturated rings. The van der Waals surface area contributed by atoms with E-state index in [2.05, 4.69) is 19.2 Å². The Morgan fingerprint density at radius 3 is 2.54 bits per heavy atom. The lowest BCUT2D eigenvalue weighted by atomic mass is 9.66. The molecule has 0 spiro atoms. The summed E-state index contributed by atoms with van der Waals surface area (Å²) in [5.74, 6) is 0. The molecule has 1 heterocycles. The third-order valence-corrected chi connectivity index (χ3v) is 4.01. The van der Waals surface area contributed by atoms with Crippen LogP contribution in [0.15, 0.2) is 0 Å². The van der Waals surface area contributed by atoms with Gasteiger partial charge in [0.25, 0.3) is 0 Å². The fourth-order valence-corrected chi connectivity index (χ4v) is 2.98. The van der Waals surface area contributed by atoms with E-state index >= 15 is 0 Å². The highest BCUT2D eigenvalue weighted by atomic mass is 15.0. The van der Waals surface area contributed by atoms with Crippen LogP contribution in [0.1, 0.15) is 58.8 Å². The normalized spacial score (nSPS) is 38.3. The van der Waals surface area contributed by atoms with Crippen molar-refractivity contribution in [2.24, 2.45) is 5.41 Å². The first kappa shape index (κ1) is 9.51. The average Bonchev–Trinajstić information content (AvgIpc) is 2.01. The fourth-order valence-electron chi connectivity index (χ4n) is 2.98. The number of hydrogen-bond donors (Lipinski definition) is 1. The van der Waals surface area contributed by atoms with E-state index in [9.17, 15) is 0 Å². The minimum Gasteiger partial charge on any atom is -0.311 e. The van der Waals surface area contributed by atoms with Crippen molar-refractivity contribution in [2.45, 2.75) is 70.9 Å². The first-order chi connectivity index (χ1) is 6.18. The highest BCUT2D eigenvalue weighted by Gasteiger charge is 2.34. The van der Waals surface area contributed by atoms with Crippen LogP contribution in [0.3, 0.4) is 0 Å². The maximum Gasteiger partial charge on any atom is 0.00747 e. The molecule has 0 radical (unpaired) electrons. The van der Waals surface area contributed by atoms with Crippen molar-refractivity contribution in [3.05, 3.63) is 0 Å². The summed E-state index contributed by atoms with van der Waals surface area (Å²) >= 11 is 0. The molecule has 1 heteroatoms. The van der Waals surface area contributed by atoms with E-state index < -0.39 is 0 Å². The largest absolute Gasteiger partial charge is 0.311 e. The van der Waals surface area contributed by atoms with Gasteiger partial charge in [0, 0.05) is 12.1 Å². The highest BCUT2D eigenvalue weighted by molar-refractivity contribution is 4.89. The van der Waals surface area contributed by atoms with Crippen molar-refractivity contribution >= 4 is 0 Å². The summed E-state index contributed by atoms with van der Waals surface area (Å²) in [7, 11) is 0. The maximum absolute atomic E-state index is 3.74. The Labute approximate surface area is 82.3 Å². The Morgan fingerprint density at radius 1 is 1.23 bits per heavy atom. The molecule has 0 amide bonds. The first-order valence-corrected chi connectivity index (χ1v) is 5.94. The predicted octanol–water partition coefficient (Wildman–Crippen LogP) is 3.10. The van der Waals surface area contributed by atoms with Crippen LogP contribution in [-0.2, 0) is 0 Å². The van der Waals surface area contributed by atoms with Gasteiger partial charge in [0.05, 0.1) is 0 Å². The SMILES string of the molecule is CC1CCCC(CC2(C)CCC2)N1. The van der Waals surface area contributed by atoms with Gasteiger partial charge in [-0.2, -0.15) is 0 Å². The van der Waals surface area contributed by atoms with Crippen molar-refractivity contribution in [1.82, 2.24) is 5.32 Å². The Bertz CT molecular complexity index is 172. The minimum absolute atomic E-state index is 0.703. The lowest BCUT2D eigenvalue weighted by molar-refractivity contribution is 0.114. The fraction of sp³-hybridized carbons (Fsp3) is 1.00. The molecule has 2 aliphatic rings. The lowest BCUT2D eigenvalue weighted by Crippen LogP contribution is -2.44. The van der Waals surface area contributed by atoms with Gasteiger partial charge in [-0.05, 0) is 44.4 Å². The summed E-state index contributed by atoms with van der Waals surface area (Å²) in [6.45, 7) is 4.80. The second kappa shape index (κ2) is 3.61. The molecule has 76 valence electrons. The quantitative estimate of drug-likeness (QED) is 0.690. The van der Waals surface area contributed by atoms with Crippen molar-refractivity contribution in [1.29, 1.82) is 0 Å². The molecule has 2 atom stereocenters. The zero-order valence-corrected chi connectivity index (χ0v) is 9.10. The molecule has 1 aliphatic carbocycles. The number of nitrogens with one attached hydrogen (secondary N) is 1. The molecule has 1 saturated carbocycles. The zero-order chi connectivity index (χ0) is 9.31. The third kappa shape index (κ3) is 2.25. The van der Waals surface area contributed by atoms with E-state index in [-0.39, 0.29) is 0 Å². The molecular formula is C12H23N. The highest BCUT2D eigenvalue weighted by Crippen LogP contribution is 2.44. The Kier molecular flexibility index (Phi) is 2.64. The van der Waals surface area contributed by atoms with Gasteiger partial charge in [0.1, 0.15) is 0 Å². The molecule has 1 aliphatic heterocycles. The molecule has 0 bridgehead atoms. The summed E-state index contributed by atoms with van der Waals surface area (Å²) in [4.78, 5) is 0. The molecular weight excluding hydrogens is 158 g/mol. The molecule has 0 aromatic heterocycles. The van der Waals surface area contributed by atoms with Crippen LogP contribution >= 0.6 is 0 Å². The standard InChI is InChI=1S/C12H23N/c1-10-5-3-6-11(13-10)9-12(2)7-4-8-12/h10-11,13H,3-9H2,1-2H3. The predicted molar refractivity (Wildman–Crippen MR) is 56.8 cm³/mol. The van der Waals surface area contributed by atoms with Crippen LogP contribution < -0.4 is 5.32 Å². The monoisotopic (exact) mass is 181 g/mol. The second-order valence-corrected chi connectivity index (χ2v) is 5.56. The Morgan fingerprint density at radius 2 is 2.00 bits per heavy atom. The van der Waals surface area contributed by atoms with Gasteiger partial charge in [0.2, 0.25) is 0 Å². The van der Waals surface area contributed by atoms with Crippen LogP contribution in [0.2, 0.25) is 0 Å². The van der Waals surface area contributed by atoms with Crippen LogP contribution in [0, 0.1) is 5.41 Å². The van der Waals surface area contributed by atoms with Gasteiger partial charge >= 0.3 is 0 Å². The van der Waals surface area contributed by atoms with Crippen molar-refractivity contribution in [3.63, 3.8) is 0 Å². The summed E-state index contributed by atoms with van der Waals surface area (Å²) in [5.41, 5.74) is 0.703. The Hall–Kier alpha value is -0.0400. The van der Waals surface area contributed by atoms with Gasteiger partial charge in [-0.25, -0.2) is 0 Å². The van der Waals surface area contributed by atoms with Gasteiger partial charge in [-0.3, -0.25) is 0 Å². The van der Waals surface area contributed by atoms with Gasteiger partial charge < -0.3 is 5.32 Å². The molecule has 1 saturated heterocycles. The molecule has 1 nitrogen and oxygen atoms in total. The van der Waals surface area contributed by atoms with Crippen molar-refractivity contribution in [2.75, 3.05) is 0 Å². The van der Waals surface area contributed by atoms with Crippen LogP contribution in [-0.4, -0.2) is 12.1 Å². The first-order valence-electron chi connectivity index (χ1n) is 5.94. The zero-order valence-electron chi connectivity index (χ0n) is 9.10. The van der Waals surface area contributed by atoms with Crippen LogP contribution in [0.25, 0.3) is 0 Å². The van der Waals surface area contributed by atoms with E-state index in [1.54, 1.807) is 0 Å². The van der Waals surface area contributed by atoms with Crippen LogP contribution in [0.4, 0.5) is 0 Å². The number of piperidine rings is 1. The molecule has 13 heavy (non-hydrogen) atoms. The molecule has 2 rings (SSSR count). The van der Waals surface area contributed by atoms with Gasteiger partial charge in [0.15, 0.2) is 0 Å². The van der Waals surface area contributed by atoms with E-state index in [4.69, 9.17) is 0 Å². The van der Waals surface area contributed by atoms with E-state index in [0.29, 0.717) is 5.41 Å². The Balaban J connectivity index is 1.80. The minimum atomic E-state index is 0.703. The summed E-state index contributed by atoms with van der Waals surface area (Å²) in [6.07, 6.45) is 10.1. The number of rotatable bonds is 2. The smallest absolute Gasteiger partial charge is 0.00747 e. The van der Waals surface area contributed by atoms with Crippen LogP contribution in [0.5, 0.6) is 0 Å². The van der Waals surface area contributed by atoms with E-state index in [1.807, 2.05) is 0 Å². The molecule has 1 N–H and O–H groups in total.